The van der Waals surface area contributed by atoms with Crippen LogP contribution in [0.25, 0.3) is 21.8 Å². The summed E-state index contributed by atoms with van der Waals surface area (Å²) in [6, 6.07) is 15.4. The smallest absolute Gasteiger partial charge is 0.0467 e. The van der Waals surface area contributed by atoms with Gasteiger partial charge in [0.2, 0.25) is 0 Å². The minimum atomic E-state index is 0.618. The monoisotopic (exact) mass is 279 g/mol. The largest absolute Gasteiger partial charge is 0.355 e. The average molecular weight is 279 g/mol. The summed E-state index contributed by atoms with van der Waals surface area (Å²) in [5.41, 5.74) is 4.02. The molecule has 0 spiro atoms. The predicted octanol–water partition coefficient (Wildman–Crippen LogP) is 6.11. The zero-order valence-corrected chi connectivity index (χ0v) is 13.5. The van der Waals surface area contributed by atoms with Gasteiger partial charge in [-0.05, 0) is 41.9 Å². The average Bonchev–Trinajstić information content (AvgIpc) is 2.83. The van der Waals surface area contributed by atoms with Gasteiger partial charge in [0.05, 0.1) is 0 Å². The summed E-state index contributed by atoms with van der Waals surface area (Å²) in [5, 5.41) is 2.78. The Labute approximate surface area is 127 Å². The highest BCUT2D eigenvalue weighted by Gasteiger charge is 2.21. The third-order valence-corrected chi connectivity index (χ3v) is 4.49. The number of nitrogens with one attached hydrogen (secondary N) is 1. The number of benzene rings is 2. The zero-order chi connectivity index (χ0) is 15.0. The molecule has 0 aliphatic carbocycles. The lowest BCUT2D eigenvalue weighted by molar-refractivity contribution is 0.410. The Balaban J connectivity index is 2.25. The van der Waals surface area contributed by atoms with Gasteiger partial charge in [-0.3, -0.25) is 0 Å². The standard InChI is InChI=1S/C20H25N/c1-13(2)12-17(14(3)4)15-9-7-11-19-20(15)16-8-5-6-10-18(16)21-19/h5-11,13-14,17,21H,12H2,1-4H3. The third kappa shape index (κ3) is 2.57. The molecular weight excluding hydrogens is 254 g/mol. The van der Waals surface area contributed by atoms with Crippen molar-refractivity contribution in [2.24, 2.45) is 11.8 Å². The molecule has 1 nitrogen and oxygen atoms in total. The number of hydrogen-bond acceptors (Lipinski definition) is 0. The Morgan fingerprint density at radius 1 is 0.857 bits per heavy atom. The van der Waals surface area contributed by atoms with E-state index in [0.29, 0.717) is 11.8 Å². The lowest BCUT2D eigenvalue weighted by Crippen LogP contribution is -2.10. The van der Waals surface area contributed by atoms with Crippen molar-refractivity contribution >= 4 is 21.8 Å². The molecule has 0 aliphatic heterocycles. The van der Waals surface area contributed by atoms with Crippen molar-refractivity contribution in [3.8, 4) is 0 Å². The maximum absolute atomic E-state index is 3.57. The van der Waals surface area contributed by atoms with E-state index < -0.39 is 0 Å². The number of rotatable bonds is 4. The lowest BCUT2D eigenvalue weighted by Gasteiger charge is -2.24. The number of aromatic amines is 1. The second kappa shape index (κ2) is 5.55. The van der Waals surface area contributed by atoms with Crippen LogP contribution in [0.2, 0.25) is 0 Å². The van der Waals surface area contributed by atoms with E-state index in [2.05, 4.69) is 75.1 Å². The third-order valence-electron chi connectivity index (χ3n) is 4.49. The topological polar surface area (TPSA) is 15.8 Å². The summed E-state index contributed by atoms with van der Waals surface area (Å²) in [4.78, 5) is 3.57. The summed E-state index contributed by atoms with van der Waals surface area (Å²) < 4.78 is 0. The molecule has 0 radical (unpaired) electrons. The van der Waals surface area contributed by atoms with Gasteiger partial charge in [-0.25, -0.2) is 0 Å². The van der Waals surface area contributed by atoms with Gasteiger partial charge in [0.15, 0.2) is 0 Å². The molecule has 1 heterocycles. The molecule has 0 saturated carbocycles. The van der Waals surface area contributed by atoms with Gasteiger partial charge in [0, 0.05) is 21.8 Å². The molecule has 1 N–H and O–H groups in total. The minimum absolute atomic E-state index is 0.618. The van der Waals surface area contributed by atoms with Crippen molar-refractivity contribution in [3.63, 3.8) is 0 Å². The van der Waals surface area contributed by atoms with E-state index >= 15 is 0 Å². The number of fused-ring (bicyclic) bond motifs is 3. The zero-order valence-electron chi connectivity index (χ0n) is 13.5. The fourth-order valence-corrected chi connectivity index (χ4v) is 3.51. The van der Waals surface area contributed by atoms with Crippen LogP contribution in [0.4, 0.5) is 0 Å². The molecule has 1 atom stereocenters. The first-order valence-corrected chi connectivity index (χ1v) is 8.07. The second-order valence-electron chi connectivity index (χ2n) is 6.92. The van der Waals surface area contributed by atoms with E-state index in [0.717, 1.165) is 5.92 Å². The van der Waals surface area contributed by atoms with E-state index in [9.17, 15) is 0 Å². The van der Waals surface area contributed by atoms with E-state index in [4.69, 9.17) is 0 Å². The van der Waals surface area contributed by atoms with Gasteiger partial charge < -0.3 is 4.98 Å². The van der Waals surface area contributed by atoms with Crippen molar-refractivity contribution in [2.45, 2.75) is 40.0 Å². The Bertz CT molecular complexity index is 749. The molecule has 0 fully saturated rings. The van der Waals surface area contributed by atoms with E-state index in [1.54, 1.807) is 0 Å². The van der Waals surface area contributed by atoms with Crippen molar-refractivity contribution in [3.05, 3.63) is 48.0 Å². The van der Waals surface area contributed by atoms with Gasteiger partial charge in [-0.1, -0.05) is 58.0 Å². The SMILES string of the molecule is CC(C)CC(c1cccc2[nH]c3ccccc3c12)C(C)C. The van der Waals surface area contributed by atoms with Gasteiger partial charge in [0.25, 0.3) is 0 Å². The predicted molar refractivity (Wildman–Crippen MR) is 92.8 cm³/mol. The van der Waals surface area contributed by atoms with Gasteiger partial charge in [-0.15, -0.1) is 0 Å². The lowest BCUT2D eigenvalue weighted by atomic mass is 9.80. The highest BCUT2D eigenvalue weighted by Crippen LogP contribution is 2.38. The van der Waals surface area contributed by atoms with Crippen LogP contribution < -0.4 is 0 Å². The first-order chi connectivity index (χ1) is 10.1. The van der Waals surface area contributed by atoms with Crippen LogP contribution in [0.1, 0.15) is 45.6 Å². The second-order valence-corrected chi connectivity index (χ2v) is 6.92. The molecule has 1 unspecified atom stereocenters. The molecule has 1 heteroatoms. The van der Waals surface area contributed by atoms with Gasteiger partial charge in [0.1, 0.15) is 0 Å². The number of aromatic nitrogens is 1. The fourth-order valence-electron chi connectivity index (χ4n) is 3.51. The summed E-state index contributed by atoms with van der Waals surface area (Å²) in [7, 11) is 0. The number of H-pyrrole nitrogens is 1. The molecule has 1 aromatic heterocycles. The highest BCUT2D eigenvalue weighted by atomic mass is 14.7. The van der Waals surface area contributed by atoms with Gasteiger partial charge >= 0.3 is 0 Å². The highest BCUT2D eigenvalue weighted by molar-refractivity contribution is 6.09. The number of para-hydroxylation sites is 1. The molecule has 110 valence electrons. The molecule has 0 amide bonds. The fraction of sp³-hybridized carbons (Fsp3) is 0.400. The van der Waals surface area contributed by atoms with Crippen LogP contribution in [0, 0.1) is 11.8 Å². The summed E-state index contributed by atoms with van der Waals surface area (Å²) in [5.74, 6) is 2.00. The van der Waals surface area contributed by atoms with Crippen LogP contribution in [0.3, 0.4) is 0 Å². The van der Waals surface area contributed by atoms with Crippen LogP contribution >= 0.6 is 0 Å². The molecule has 21 heavy (non-hydrogen) atoms. The molecule has 0 aliphatic rings. The normalized spacial score (nSPS) is 13.6. The Morgan fingerprint density at radius 2 is 1.57 bits per heavy atom. The molecular formula is C20H25N. The van der Waals surface area contributed by atoms with Crippen LogP contribution in [0.5, 0.6) is 0 Å². The van der Waals surface area contributed by atoms with Crippen LogP contribution in [-0.4, -0.2) is 4.98 Å². The van der Waals surface area contributed by atoms with Crippen molar-refractivity contribution in [1.82, 2.24) is 4.98 Å². The molecule has 0 saturated heterocycles. The Hall–Kier alpha value is -1.76. The van der Waals surface area contributed by atoms with Crippen molar-refractivity contribution < 1.29 is 0 Å². The van der Waals surface area contributed by atoms with E-state index in [1.807, 2.05) is 0 Å². The van der Waals surface area contributed by atoms with Crippen molar-refractivity contribution in [1.29, 1.82) is 0 Å². The number of hydrogen-bond donors (Lipinski definition) is 1. The summed E-state index contributed by atoms with van der Waals surface area (Å²) in [6.45, 7) is 9.34. The van der Waals surface area contributed by atoms with Crippen LogP contribution in [-0.2, 0) is 0 Å². The first-order valence-electron chi connectivity index (χ1n) is 8.07. The van der Waals surface area contributed by atoms with E-state index in [1.165, 1.54) is 33.8 Å². The Morgan fingerprint density at radius 3 is 2.29 bits per heavy atom. The van der Waals surface area contributed by atoms with Crippen molar-refractivity contribution in [2.75, 3.05) is 0 Å². The summed E-state index contributed by atoms with van der Waals surface area (Å²) >= 11 is 0. The molecule has 3 rings (SSSR count). The molecule has 0 bridgehead atoms. The van der Waals surface area contributed by atoms with E-state index in [-0.39, 0.29) is 0 Å². The van der Waals surface area contributed by atoms with Crippen LogP contribution in [0.15, 0.2) is 42.5 Å². The van der Waals surface area contributed by atoms with Gasteiger partial charge in [-0.2, -0.15) is 0 Å². The maximum atomic E-state index is 3.57. The minimum Gasteiger partial charge on any atom is -0.355 e. The first kappa shape index (κ1) is 14.2. The summed E-state index contributed by atoms with van der Waals surface area (Å²) in [6.07, 6.45) is 1.25. The molecule has 3 aromatic rings. The Kier molecular flexibility index (Phi) is 3.75. The molecule has 2 aromatic carbocycles. The quantitative estimate of drug-likeness (QED) is 0.593. The maximum Gasteiger partial charge on any atom is 0.0467 e.